The van der Waals surface area contributed by atoms with E-state index in [0.29, 0.717) is 102 Å². The normalized spacial score (nSPS) is 13.7. The molecule has 2 aliphatic heterocycles. The first-order chi connectivity index (χ1) is 34.2. The van der Waals surface area contributed by atoms with Crippen LogP contribution in [0.25, 0.3) is 22.3 Å². The Morgan fingerprint density at radius 2 is 0.819 bits per heavy atom. The summed E-state index contributed by atoms with van der Waals surface area (Å²) in [6.07, 6.45) is 8.27. The zero-order valence-electron chi connectivity index (χ0n) is 39.2. The molecular formula is C44H58N10O18. The number of nitrogens with zero attached hydrogens (tertiary/aromatic N) is 8. The quantitative estimate of drug-likeness (QED) is 0.0505. The summed E-state index contributed by atoms with van der Waals surface area (Å²) in [7, 11) is 0. The van der Waals surface area contributed by atoms with Crippen LogP contribution in [0.5, 0.6) is 0 Å². The van der Waals surface area contributed by atoms with Crippen molar-refractivity contribution >= 4 is 82.2 Å². The molecule has 0 atom stereocenters. The van der Waals surface area contributed by atoms with Crippen LogP contribution in [-0.4, -0.2) is 192 Å². The number of hydrogen-bond donors (Lipinski definition) is 10. The monoisotopic (exact) mass is 1010 g/mol. The van der Waals surface area contributed by atoms with E-state index < -0.39 is 48.0 Å². The van der Waals surface area contributed by atoms with Gasteiger partial charge in [-0.05, 0) is 63.8 Å². The number of likely N-dealkylation sites (tertiary alicyclic amines) is 2. The molecule has 2 saturated heterocycles. The van der Waals surface area contributed by atoms with Crippen LogP contribution in [-0.2, 0) is 51.3 Å². The molecular weight excluding hydrogens is 957 g/mol. The van der Waals surface area contributed by atoms with Crippen LogP contribution in [0.15, 0.2) is 73.1 Å². The molecule has 28 nitrogen and oxygen atoms in total. The predicted molar refractivity (Wildman–Crippen MR) is 254 cm³/mol. The van der Waals surface area contributed by atoms with Crippen LogP contribution in [0.2, 0.25) is 0 Å². The number of imidazole rings is 2. The summed E-state index contributed by atoms with van der Waals surface area (Å²) in [5, 5.41) is 71.9. The van der Waals surface area contributed by atoms with Crippen molar-refractivity contribution in [1.29, 1.82) is 0 Å². The summed E-state index contributed by atoms with van der Waals surface area (Å²) in [5.41, 5.74) is 3.37. The summed E-state index contributed by atoms with van der Waals surface area (Å²) in [6.45, 7) is 10.0. The van der Waals surface area contributed by atoms with Gasteiger partial charge in [0.15, 0.2) is 11.3 Å². The number of hydrogen-bond acceptors (Lipinski definition) is 16. The third-order valence-corrected chi connectivity index (χ3v) is 9.64. The SMILES string of the molecule is CCOCCn1c(NC2CCN(C(=O)O)CC2)nc2cccnc21.CCOCCn1c(NC2CCN(C(=O)O)CC2)nc2cccnc21.O=C(O)/C=C/C(=O)O.O=C(O)C=CC(=O)O.O=C(O)C=CC(=O)O. The zero-order valence-corrected chi connectivity index (χ0v) is 39.2. The Morgan fingerprint density at radius 1 is 0.528 bits per heavy atom. The molecule has 0 spiro atoms. The number of rotatable bonds is 18. The van der Waals surface area contributed by atoms with Crippen LogP contribution in [0, 0.1) is 0 Å². The van der Waals surface area contributed by atoms with E-state index >= 15 is 0 Å². The van der Waals surface area contributed by atoms with Crippen LogP contribution in [0.4, 0.5) is 21.5 Å². The molecule has 6 heterocycles. The number of carbonyl (C=O) groups is 8. The highest BCUT2D eigenvalue weighted by atomic mass is 16.5. The van der Waals surface area contributed by atoms with Crippen LogP contribution >= 0.6 is 0 Å². The lowest BCUT2D eigenvalue weighted by molar-refractivity contribution is -0.134. The summed E-state index contributed by atoms with van der Waals surface area (Å²) in [4.78, 5) is 100. The van der Waals surface area contributed by atoms with Gasteiger partial charge in [0.2, 0.25) is 11.9 Å². The number of anilines is 2. The molecule has 0 aliphatic carbocycles. The zero-order chi connectivity index (χ0) is 53.6. The van der Waals surface area contributed by atoms with Gasteiger partial charge in [-0.2, -0.15) is 0 Å². The molecule has 10 N–H and O–H groups in total. The first-order valence-electron chi connectivity index (χ1n) is 21.9. The molecule has 0 saturated carbocycles. The Bertz CT molecular complexity index is 2260. The molecule has 2 aliphatic rings. The fourth-order valence-electron chi connectivity index (χ4n) is 6.38. The number of piperidine rings is 2. The second-order valence-electron chi connectivity index (χ2n) is 14.7. The van der Waals surface area contributed by atoms with Gasteiger partial charge in [-0.15, -0.1) is 0 Å². The molecule has 4 aromatic heterocycles. The number of aliphatic carboxylic acids is 6. The molecule has 28 heteroatoms. The Labute approximate surface area is 410 Å². The molecule has 6 rings (SSSR count). The van der Waals surface area contributed by atoms with E-state index in [1.54, 1.807) is 12.4 Å². The number of carboxylic acids is 6. The standard InChI is InChI=1S/2C16H23N5O3.3C4H4O4/c2*1-2-24-11-10-21-14-13(4-3-7-17-14)19-15(21)18-12-5-8-20(9-6-12)16(22)23;3*5-3(6)1-2-4(7)8/h2*3-4,7,12H,2,5-6,8-11H2,1H3,(H,18,19)(H,22,23);3*1-2H,(H,5,6)(H,7,8)/b;;2-1+;;. The lowest BCUT2D eigenvalue weighted by Gasteiger charge is -2.30. The van der Waals surface area contributed by atoms with Crippen molar-refractivity contribution in [3.8, 4) is 0 Å². The van der Waals surface area contributed by atoms with Crippen molar-refractivity contribution < 1.29 is 88.7 Å². The van der Waals surface area contributed by atoms with Gasteiger partial charge in [0.25, 0.3) is 0 Å². The number of amides is 2. The largest absolute Gasteiger partial charge is 0.478 e. The first-order valence-corrected chi connectivity index (χ1v) is 21.9. The molecule has 0 bridgehead atoms. The maximum Gasteiger partial charge on any atom is 0.407 e. The van der Waals surface area contributed by atoms with Crippen molar-refractivity contribution in [3.05, 3.63) is 73.1 Å². The second kappa shape index (κ2) is 32.2. The van der Waals surface area contributed by atoms with Crippen molar-refractivity contribution in [2.45, 2.75) is 64.7 Å². The number of carboxylic acid groups (broad SMARTS) is 8. The van der Waals surface area contributed by atoms with Crippen LogP contribution in [0.1, 0.15) is 39.5 Å². The minimum absolute atomic E-state index is 0.211. The maximum atomic E-state index is 11.0. The van der Waals surface area contributed by atoms with Gasteiger partial charge in [-0.3, -0.25) is 9.13 Å². The fourth-order valence-corrected chi connectivity index (χ4v) is 6.38. The third kappa shape index (κ3) is 23.1. The summed E-state index contributed by atoms with van der Waals surface area (Å²) in [6, 6.07) is 8.05. The highest BCUT2D eigenvalue weighted by molar-refractivity contribution is 5.90. The Hall–Kier alpha value is -8.66. The second-order valence-corrected chi connectivity index (χ2v) is 14.7. The van der Waals surface area contributed by atoms with E-state index in [-0.39, 0.29) is 12.1 Å². The van der Waals surface area contributed by atoms with Gasteiger partial charge in [-0.25, -0.2) is 58.3 Å². The Balaban J connectivity index is 0.000000343. The molecule has 0 aromatic carbocycles. The Kier molecular flexibility index (Phi) is 26.6. The van der Waals surface area contributed by atoms with E-state index in [4.69, 9.17) is 50.3 Å². The van der Waals surface area contributed by atoms with Gasteiger partial charge in [0, 0.05) is 100 Å². The van der Waals surface area contributed by atoms with Crippen molar-refractivity contribution in [3.63, 3.8) is 0 Å². The highest BCUT2D eigenvalue weighted by Gasteiger charge is 2.25. The average Bonchev–Trinajstić information content (AvgIpc) is 3.87. The van der Waals surface area contributed by atoms with E-state index in [0.717, 1.165) is 59.9 Å². The molecule has 392 valence electrons. The lowest BCUT2D eigenvalue weighted by atomic mass is 10.1. The predicted octanol–water partition coefficient (Wildman–Crippen LogP) is 3.18. The van der Waals surface area contributed by atoms with Crippen LogP contribution in [0.3, 0.4) is 0 Å². The average molecular weight is 1020 g/mol. The number of fused-ring (bicyclic) bond motifs is 2. The summed E-state index contributed by atoms with van der Waals surface area (Å²) >= 11 is 0. The van der Waals surface area contributed by atoms with Crippen LogP contribution < -0.4 is 10.6 Å². The van der Waals surface area contributed by atoms with Gasteiger partial charge >= 0.3 is 48.0 Å². The minimum atomic E-state index is -1.26. The Morgan fingerprint density at radius 3 is 1.07 bits per heavy atom. The molecule has 2 amide bonds. The van der Waals surface area contributed by atoms with Gasteiger partial charge in [0.05, 0.1) is 26.3 Å². The lowest BCUT2D eigenvalue weighted by Crippen LogP contribution is -2.42. The van der Waals surface area contributed by atoms with Gasteiger partial charge < -0.3 is 70.8 Å². The fraction of sp³-hybridized carbons (Fsp3) is 0.409. The number of pyridine rings is 2. The maximum absolute atomic E-state index is 11.0. The molecule has 2 fully saturated rings. The van der Waals surface area contributed by atoms with Crippen molar-refractivity contribution in [2.24, 2.45) is 0 Å². The molecule has 4 aromatic rings. The molecule has 0 radical (unpaired) electrons. The number of nitrogens with one attached hydrogen (secondary N) is 2. The van der Waals surface area contributed by atoms with E-state index in [1.807, 2.05) is 47.2 Å². The summed E-state index contributed by atoms with van der Waals surface area (Å²) in [5.74, 6) is -5.99. The van der Waals surface area contributed by atoms with Crippen molar-refractivity contribution in [1.82, 2.24) is 38.9 Å². The van der Waals surface area contributed by atoms with E-state index in [9.17, 15) is 38.4 Å². The van der Waals surface area contributed by atoms with E-state index in [1.165, 1.54) is 9.80 Å². The van der Waals surface area contributed by atoms with E-state index in [2.05, 4.69) is 30.6 Å². The topological polar surface area (TPSA) is 409 Å². The number of aromatic nitrogens is 6. The van der Waals surface area contributed by atoms with Gasteiger partial charge in [-0.1, -0.05) is 0 Å². The van der Waals surface area contributed by atoms with Gasteiger partial charge in [0.1, 0.15) is 11.0 Å². The van der Waals surface area contributed by atoms with Crippen molar-refractivity contribution in [2.75, 3.05) is 63.2 Å². The number of ether oxygens (including phenoxy) is 2. The highest BCUT2D eigenvalue weighted by Crippen LogP contribution is 2.23. The smallest absolute Gasteiger partial charge is 0.407 e. The minimum Gasteiger partial charge on any atom is -0.478 e. The summed E-state index contributed by atoms with van der Waals surface area (Å²) < 4.78 is 15.0. The molecule has 0 unspecified atom stereocenters. The molecule has 72 heavy (non-hydrogen) atoms. The first kappa shape index (κ1) is 59.5. The third-order valence-electron chi connectivity index (χ3n) is 9.64.